The van der Waals surface area contributed by atoms with Crippen LogP contribution in [0.25, 0.3) is 0 Å². The van der Waals surface area contributed by atoms with Crippen LogP contribution >= 0.6 is 11.8 Å². The summed E-state index contributed by atoms with van der Waals surface area (Å²) in [6.45, 7) is 4.68. The maximum Gasteiger partial charge on any atom is 0.242 e. The lowest BCUT2D eigenvalue weighted by atomic mass is 10.2. The quantitative estimate of drug-likeness (QED) is 0.668. The molecule has 1 rings (SSSR count). The maximum atomic E-state index is 11.7. The van der Waals surface area contributed by atoms with E-state index in [0.717, 1.165) is 17.9 Å². The number of nitrogens with zero attached hydrogens (tertiary/aromatic N) is 3. The molecule has 0 spiro atoms. The number of rotatable bonds is 8. The first-order valence-electron chi connectivity index (χ1n) is 6.11. The first kappa shape index (κ1) is 15.0. The molecule has 0 saturated heterocycles. The average Bonchev–Trinajstić information content (AvgIpc) is 2.76. The second kappa shape index (κ2) is 8.10. The van der Waals surface area contributed by atoms with Gasteiger partial charge in [0.2, 0.25) is 5.91 Å². The van der Waals surface area contributed by atoms with E-state index in [1.165, 1.54) is 4.68 Å². The van der Waals surface area contributed by atoms with Gasteiger partial charge in [0.15, 0.2) is 0 Å². The fraction of sp³-hybridized carbons (Fsp3) is 0.727. The molecule has 0 fully saturated rings. The van der Waals surface area contributed by atoms with Crippen LogP contribution in [0.4, 0.5) is 0 Å². The van der Waals surface area contributed by atoms with E-state index in [1.807, 2.05) is 18.7 Å². The summed E-state index contributed by atoms with van der Waals surface area (Å²) >= 11 is 1.88. The Labute approximate surface area is 112 Å². The molecule has 18 heavy (non-hydrogen) atoms. The highest BCUT2D eigenvalue weighted by molar-refractivity contribution is 7.99. The molecule has 0 bridgehead atoms. The molecule has 6 nitrogen and oxygen atoms in total. The molecule has 1 unspecified atom stereocenters. The molecule has 1 aromatic heterocycles. The number of nitrogens with one attached hydrogen (secondary N) is 1. The zero-order valence-electron chi connectivity index (χ0n) is 10.9. The Hall–Kier alpha value is -1.08. The van der Waals surface area contributed by atoms with Gasteiger partial charge in [0, 0.05) is 12.6 Å². The van der Waals surface area contributed by atoms with Gasteiger partial charge in [0.05, 0.1) is 11.9 Å². The van der Waals surface area contributed by atoms with Crippen LogP contribution < -0.4 is 11.1 Å². The molecule has 0 radical (unpaired) electrons. The number of carbonyl (C=O) groups excluding carboxylic acids is 1. The molecule has 0 saturated carbocycles. The van der Waals surface area contributed by atoms with Crippen molar-refractivity contribution in [1.29, 1.82) is 0 Å². The minimum absolute atomic E-state index is 0.0440. The third kappa shape index (κ3) is 5.50. The number of hydrogen-bond donors (Lipinski definition) is 2. The predicted octanol–water partition coefficient (Wildman–Crippen LogP) is 0.385. The Balaban J connectivity index is 2.28. The van der Waals surface area contributed by atoms with E-state index in [1.54, 1.807) is 6.20 Å². The Bertz CT molecular complexity index is 368. The van der Waals surface area contributed by atoms with Gasteiger partial charge in [-0.2, -0.15) is 11.8 Å². The average molecular weight is 271 g/mol. The minimum atomic E-state index is -0.0440. The zero-order chi connectivity index (χ0) is 13.4. The van der Waals surface area contributed by atoms with Crippen molar-refractivity contribution < 1.29 is 4.79 Å². The van der Waals surface area contributed by atoms with Gasteiger partial charge in [0.1, 0.15) is 6.54 Å². The first-order valence-corrected chi connectivity index (χ1v) is 7.27. The van der Waals surface area contributed by atoms with E-state index in [-0.39, 0.29) is 18.5 Å². The van der Waals surface area contributed by atoms with Crippen LogP contribution in [0.5, 0.6) is 0 Å². The lowest BCUT2D eigenvalue weighted by Crippen LogP contribution is -2.35. The molecule has 1 atom stereocenters. The smallest absolute Gasteiger partial charge is 0.242 e. The minimum Gasteiger partial charge on any atom is -0.352 e. The highest BCUT2D eigenvalue weighted by Gasteiger charge is 2.09. The summed E-state index contributed by atoms with van der Waals surface area (Å²) in [7, 11) is 0. The topological polar surface area (TPSA) is 85.8 Å². The van der Waals surface area contributed by atoms with Gasteiger partial charge in [-0.25, -0.2) is 4.68 Å². The standard InChI is InChI=1S/C11H21N5OS/c1-3-18-5-4-9(2)13-11(17)8-16-7-10(6-12)14-15-16/h7,9H,3-6,8,12H2,1-2H3,(H,13,17). The van der Waals surface area contributed by atoms with Crippen molar-refractivity contribution in [2.45, 2.75) is 39.4 Å². The zero-order valence-corrected chi connectivity index (χ0v) is 11.7. The van der Waals surface area contributed by atoms with Gasteiger partial charge in [0.25, 0.3) is 0 Å². The van der Waals surface area contributed by atoms with Crippen LogP contribution in [-0.2, 0) is 17.9 Å². The van der Waals surface area contributed by atoms with Crippen molar-refractivity contribution in [3.8, 4) is 0 Å². The lowest BCUT2D eigenvalue weighted by molar-refractivity contribution is -0.122. The molecule has 102 valence electrons. The van der Waals surface area contributed by atoms with Gasteiger partial charge in [-0.1, -0.05) is 12.1 Å². The summed E-state index contributed by atoms with van der Waals surface area (Å²) in [6.07, 6.45) is 2.67. The molecule has 1 aromatic rings. The van der Waals surface area contributed by atoms with E-state index in [0.29, 0.717) is 12.2 Å². The predicted molar refractivity (Wildman–Crippen MR) is 73.1 cm³/mol. The molecule has 1 heterocycles. The monoisotopic (exact) mass is 271 g/mol. The van der Waals surface area contributed by atoms with Crippen molar-refractivity contribution in [3.05, 3.63) is 11.9 Å². The molecule has 7 heteroatoms. The highest BCUT2D eigenvalue weighted by atomic mass is 32.2. The number of hydrogen-bond acceptors (Lipinski definition) is 5. The van der Waals surface area contributed by atoms with Crippen LogP contribution in [0.15, 0.2) is 6.20 Å². The second-order valence-corrected chi connectivity index (χ2v) is 5.46. The summed E-state index contributed by atoms with van der Waals surface area (Å²) in [5.41, 5.74) is 6.11. The molecule has 0 aliphatic carbocycles. The van der Waals surface area contributed by atoms with Crippen molar-refractivity contribution in [2.75, 3.05) is 11.5 Å². The molecule has 1 amide bonds. The molecular formula is C11H21N5OS. The number of nitrogens with two attached hydrogens (primary N) is 1. The van der Waals surface area contributed by atoms with Gasteiger partial charge in [-0.05, 0) is 24.9 Å². The van der Waals surface area contributed by atoms with Crippen LogP contribution in [0.3, 0.4) is 0 Å². The Morgan fingerprint density at radius 1 is 1.67 bits per heavy atom. The molecular weight excluding hydrogens is 250 g/mol. The maximum absolute atomic E-state index is 11.7. The molecule has 3 N–H and O–H groups in total. The van der Waals surface area contributed by atoms with E-state index < -0.39 is 0 Å². The normalized spacial score (nSPS) is 12.4. The SMILES string of the molecule is CCSCCC(C)NC(=O)Cn1cc(CN)nn1. The first-order chi connectivity index (χ1) is 8.65. The fourth-order valence-electron chi connectivity index (χ4n) is 1.45. The van der Waals surface area contributed by atoms with Gasteiger partial charge in [-0.3, -0.25) is 4.79 Å². The van der Waals surface area contributed by atoms with Gasteiger partial charge in [-0.15, -0.1) is 5.10 Å². The Morgan fingerprint density at radius 2 is 2.44 bits per heavy atom. The van der Waals surface area contributed by atoms with E-state index in [9.17, 15) is 4.79 Å². The number of carbonyl (C=O) groups is 1. The third-order valence-electron chi connectivity index (χ3n) is 2.41. The van der Waals surface area contributed by atoms with Crippen molar-refractivity contribution >= 4 is 17.7 Å². The van der Waals surface area contributed by atoms with E-state index >= 15 is 0 Å². The van der Waals surface area contributed by atoms with E-state index in [2.05, 4.69) is 22.6 Å². The summed E-state index contributed by atoms with van der Waals surface area (Å²) in [5.74, 6) is 2.14. The lowest BCUT2D eigenvalue weighted by Gasteiger charge is -2.13. The molecule has 0 aliphatic rings. The van der Waals surface area contributed by atoms with Crippen molar-refractivity contribution in [2.24, 2.45) is 5.73 Å². The Morgan fingerprint density at radius 3 is 3.06 bits per heavy atom. The van der Waals surface area contributed by atoms with Gasteiger partial charge >= 0.3 is 0 Å². The number of thioether (sulfide) groups is 1. The van der Waals surface area contributed by atoms with Crippen LogP contribution in [0.2, 0.25) is 0 Å². The van der Waals surface area contributed by atoms with Crippen molar-refractivity contribution in [3.63, 3.8) is 0 Å². The van der Waals surface area contributed by atoms with Crippen LogP contribution in [-0.4, -0.2) is 38.4 Å². The number of amides is 1. The summed E-state index contributed by atoms with van der Waals surface area (Å²) < 4.78 is 1.50. The summed E-state index contributed by atoms with van der Waals surface area (Å²) in [6, 6.07) is 0.189. The molecule has 0 aliphatic heterocycles. The number of aromatic nitrogens is 3. The fourth-order valence-corrected chi connectivity index (χ4v) is 2.26. The van der Waals surface area contributed by atoms with Crippen molar-refractivity contribution in [1.82, 2.24) is 20.3 Å². The van der Waals surface area contributed by atoms with Crippen LogP contribution in [0, 0.1) is 0 Å². The summed E-state index contributed by atoms with van der Waals surface area (Å²) in [5, 5.41) is 10.6. The third-order valence-corrected chi connectivity index (χ3v) is 3.34. The highest BCUT2D eigenvalue weighted by Crippen LogP contribution is 2.03. The largest absolute Gasteiger partial charge is 0.352 e. The second-order valence-electron chi connectivity index (χ2n) is 4.07. The molecule has 0 aromatic carbocycles. The Kier molecular flexibility index (Phi) is 6.74. The van der Waals surface area contributed by atoms with E-state index in [4.69, 9.17) is 5.73 Å². The van der Waals surface area contributed by atoms with Gasteiger partial charge < -0.3 is 11.1 Å². The summed E-state index contributed by atoms with van der Waals surface area (Å²) in [4.78, 5) is 11.7. The van der Waals surface area contributed by atoms with Crippen LogP contribution in [0.1, 0.15) is 26.0 Å².